The summed E-state index contributed by atoms with van der Waals surface area (Å²) in [5.74, 6) is -5.45. The molecule has 0 aromatic rings. The number of carboxylic acids is 2. The first-order valence-electron chi connectivity index (χ1n) is 10.6. The van der Waals surface area contributed by atoms with E-state index in [1.165, 1.54) is 0 Å². The molecule has 0 saturated carbocycles. The van der Waals surface area contributed by atoms with Crippen LogP contribution < -0.4 is 33.2 Å². The maximum atomic E-state index is 12.9. The van der Waals surface area contributed by atoms with Crippen molar-refractivity contribution in [1.29, 1.82) is 0 Å². The minimum absolute atomic E-state index is 0.00461. The predicted octanol–water partition coefficient (Wildman–Crippen LogP) is -2.64. The van der Waals surface area contributed by atoms with Crippen molar-refractivity contribution in [1.82, 2.24) is 16.0 Å². The van der Waals surface area contributed by atoms with Gasteiger partial charge in [-0.1, -0.05) is 13.8 Å². The first-order valence-corrected chi connectivity index (χ1v) is 11.2. The Hall–Kier alpha value is -3.07. The number of hydrogen-bond donors (Lipinski definition) is 9. The van der Waals surface area contributed by atoms with Gasteiger partial charge in [-0.05, 0) is 25.2 Å². The molecule has 194 valence electrons. The van der Waals surface area contributed by atoms with Crippen molar-refractivity contribution in [2.75, 3.05) is 12.3 Å². The van der Waals surface area contributed by atoms with Crippen molar-refractivity contribution >= 4 is 48.2 Å². The lowest BCUT2D eigenvalue weighted by atomic mass is 10.0. The Bertz CT molecular complexity index is 759. The molecule has 15 heteroatoms. The van der Waals surface area contributed by atoms with Crippen LogP contribution in [0.25, 0.3) is 0 Å². The van der Waals surface area contributed by atoms with E-state index in [4.69, 9.17) is 22.3 Å². The molecule has 0 aromatic heterocycles. The van der Waals surface area contributed by atoms with Crippen molar-refractivity contribution in [2.45, 2.75) is 63.7 Å². The van der Waals surface area contributed by atoms with Crippen LogP contribution in [0, 0.1) is 5.92 Å². The average Bonchev–Trinajstić information content (AvgIpc) is 2.72. The Labute approximate surface area is 202 Å². The second kappa shape index (κ2) is 15.7. The first kappa shape index (κ1) is 30.9. The minimum Gasteiger partial charge on any atom is -0.481 e. The summed E-state index contributed by atoms with van der Waals surface area (Å²) in [7, 11) is 0. The van der Waals surface area contributed by atoms with Crippen LogP contribution in [0.1, 0.15) is 39.5 Å². The molecule has 4 atom stereocenters. The van der Waals surface area contributed by atoms with E-state index in [-0.39, 0.29) is 43.4 Å². The maximum absolute atomic E-state index is 12.9. The highest BCUT2D eigenvalue weighted by Crippen LogP contribution is 2.07. The van der Waals surface area contributed by atoms with Crippen LogP contribution in [-0.4, -0.2) is 82.3 Å². The second-order valence-corrected chi connectivity index (χ2v) is 8.35. The topological polar surface area (TPSA) is 252 Å². The van der Waals surface area contributed by atoms with E-state index in [0.717, 1.165) is 0 Å². The molecule has 0 rings (SSSR count). The lowest BCUT2D eigenvalue weighted by Gasteiger charge is -2.24. The van der Waals surface area contributed by atoms with Gasteiger partial charge in [0.25, 0.3) is 0 Å². The molecule has 0 heterocycles. The quantitative estimate of drug-likeness (QED) is 0.0456. The van der Waals surface area contributed by atoms with Gasteiger partial charge in [-0.3, -0.25) is 24.2 Å². The van der Waals surface area contributed by atoms with Gasteiger partial charge in [0.2, 0.25) is 17.7 Å². The van der Waals surface area contributed by atoms with E-state index in [2.05, 4.69) is 33.6 Å². The summed E-state index contributed by atoms with van der Waals surface area (Å²) in [5.41, 5.74) is 16.1. The molecule has 0 aliphatic carbocycles. The highest BCUT2D eigenvalue weighted by atomic mass is 32.1. The van der Waals surface area contributed by atoms with Gasteiger partial charge in [0.1, 0.15) is 18.1 Å². The summed E-state index contributed by atoms with van der Waals surface area (Å²) in [5, 5.41) is 25.4. The van der Waals surface area contributed by atoms with E-state index < -0.39 is 60.2 Å². The number of nitrogens with one attached hydrogen (secondary N) is 3. The molecule has 14 nitrogen and oxygen atoms in total. The van der Waals surface area contributed by atoms with Gasteiger partial charge in [0, 0.05) is 12.3 Å². The number of carboxylic acid groups (broad SMARTS) is 2. The fourth-order valence-corrected chi connectivity index (χ4v) is 2.92. The molecular weight excluding hydrogens is 470 g/mol. The van der Waals surface area contributed by atoms with E-state index in [9.17, 15) is 29.1 Å². The van der Waals surface area contributed by atoms with Gasteiger partial charge in [0.05, 0.1) is 12.5 Å². The number of carbonyl (C=O) groups is 5. The lowest BCUT2D eigenvalue weighted by molar-refractivity contribution is -0.144. The third-order valence-electron chi connectivity index (χ3n) is 4.45. The zero-order chi connectivity index (χ0) is 26.4. The number of hydrogen-bond acceptors (Lipinski definition) is 8. The van der Waals surface area contributed by atoms with Crippen molar-refractivity contribution in [2.24, 2.45) is 28.1 Å². The molecular formula is C19H35N7O7S. The monoisotopic (exact) mass is 505 g/mol. The molecule has 34 heavy (non-hydrogen) atoms. The van der Waals surface area contributed by atoms with E-state index in [0.29, 0.717) is 0 Å². The fourth-order valence-electron chi connectivity index (χ4n) is 2.76. The fraction of sp³-hybridized carbons (Fsp3) is 0.684. The molecule has 0 aliphatic rings. The van der Waals surface area contributed by atoms with Crippen LogP contribution in [0.15, 0.2) is 4.99 Å². The Morgan fingerprint density at radius 3 is 1.91 bits per heavy atom. The molecule has 4 unspecified atom stereocenters. The first-order chi connectivity index (χ1) is 15.8. The predicted molar refractivity (Wildman–Crippen MR) is 127 cm³/mol. The molecule has 0 fully saturated rings. The summed E-state index contributed by atoms with van der Waals surface area (Å²) >= 11 is 3.93. The third kappa shape index (κ3) is 12.8. The molecule has 11 N–H and O–H groups in total. The Kier molecular flexibility index (Phi) is 14.3. The SMILES string of the molecule is CC(C)CC(NC(=O)C(CC(=O)O)NC(=O)C(CCCN=C(N)N)NC(=O)C(N)CS)C(=O)O. The van der Waals surface area contributed by atoms with Crippen molar-refractivity contribution in [3.63, 3.8) is 0 Å². The number of aliphatic imine (C=N–C) groups is 1. The lowest BCUT2D eigenvalue weighted by Crippen LogP contribution is -2.57. The number of guanidine groups is 1. The van der Waals surface area contributed by atoms with Crippen LogP contribution in [0.5, 0.6) is 0 Å². The van der Waals surface area contributed by atoms with E-state index >= 15 is 0 Å². The van der Waals surface area contributed by atoms with Crippen LogP contribution in [-0.2, 0) is 24.0 Å². The number of aliphatic carboxylic acids is 2. The standard InChI is InChI=1S/C19H35N7O7S/c1-9(2)6-13(18(32)33)26-17(31)12(7-14(27)28)25-16(30)11(4-3-5-23-19(21)22)24-15(29)10(20)8-34/h9-13,34H,3-8,20H2,1-2H3,(H,24,29)(H,25,30)(H,26,31)(H,27,28)(H,32,33)(H4,21,22,23). The molecule has 0 bridgehead atoms. The number of rotatable bonds is 16. The Morgan fingerprint density at radius 1 is 0.912 bits per heavy atom. The summed E-state index contributed by atoms with van der Waals surface area (Å²) in [6.07, 6.45) is -0.409. The van der Waals surface area contributed by atoms with Crippen LogP contribution in [0.3, 0.4) is 0 Å². The molecule has 0 radical (unpaired) electrons. The average molecular weight is 506 g/mol. The Morgan fingerprint density at radius 2 is 1.44 bits per heavy atom. The largest absolute Gasteiger partial charge is 0.481 e. The molecule has 0 aromatic carbocycles. The van der Waals surface area contributed by atoms with Crippen LogP contribution >= 0.6 is 12.6 Å². The molecule has 0 saturated heterocycles. The van der Waals surface area contributed by atoms with Crippen LogP contribution in [0.2, 0.25) is 0 Å². The number of thiol groups is 1. The van der Waals surface area contributed by atoms with Gasteiger partial charge in [-0.2, -0.15) is 12.6 Å². The van der Waals surface area contributed by atoms with Crippen molar-refractivity contribution in [3.8, 4) is 0 Å². The number of amides is 3. The zero-order valence-corrected chi connectivity index (χ0v) is 20.1. The van der Waals surface area contributed by atoms with Crippen LogP contribution in [0.4, 0.5) is 0 Å². The van der Waals surface area contributed by atoms with Gasteiger partial charge >= 0.3 is 11.9 Å². The Balaban J connectivity index is 5.55. The van der Waals surface area contributed by atoms with Crippen molar-refractivity contribution in [3.05, 3.63) is 0 Å². The number of nitrogens with two attached hydrogens (primary N) is 3. The molecule has 3 amide bonds. The summed E-state index contributed by atoms with van der Waals surface area (Å²) in [4.78, 5) is 64.1. The highest BCUT2D eigenvalue weighted by Gasteiger charge is 2.31. The maximum Gasteiger partial charge on any atom is 0.326 e. The normalized spacial score (nSPS) is 14.3. The molecule has 0 spiro atoms. The number of carbonyl (C=O) groups excluding carboxylic acids is 3. The minimum atomic E-state index is -1.59. The summed E-state index contributed by atoms with van der Waals surface area (Å²) < 4.78 is 0. The van der Waals surface area contributed by atoms with Gasteiger partial charge < -0.3 is 43.4 Å². The zero-order valence-electron chi connectivity index (χ0n) is 19.2. The third-order valence-corrected chi connectivity index (χ3v) is 4.84. The van der Waals surface area contributed by atoms with Gasteiger partial charge in [0.15, 0.2) is 5.96 Å². The van der Waals surface area contributed by atoms with Gasteiger partial charge in [-0.15, -0.1) is 0 Å². The number of nitrogens with zero attached hydrogens (tertiary/aromatic N) is 1. The second-order valence-electron chi connectivity index (χ2n) is 7.99. The highest BCUT2D eigenvalue weighted by molar-refractivity contribution is 7.80. The van der Waals surface area contributed by atoms with E-state index in [1.54, 1.807) is 13.8 Å². The van der Waals surface area contributed by atoms with Gasteiger partial charge in [-0.25, -0.2) is 4.79 Å². The molecule has 0 aliphatic heterocycles. The summed E-state index contributed by atoms with van der Waals surface area (Å²) in [6, 6.07) is -5.07. The van der Waals surface area contributed by atoms with E-state index in [1.807, 2.05) is 0 Å². The van der Waals surface area contributed by atoms with Crippen molar-refractivity contribution < 1.29 is 34.2 Å². The summed E-state index contributed by atoms with van der Waals surface area (Å²) in [6.45, 7) is 3.66. The smallest absolute Gasteiger partial charge is 0.326 e.